The molecule has 1 aliphatic heterocycles. The summed E-state index contributed by atoms with van der Waals surface area (Å²) in [5.74, 6) is -0.310. The SMILES string of the molecule is CC(NS(=O)(=O)c1cccs1)C(=O)N1CCCC1c1ccc(=O)[nH]n1. The molecule has 0 aromatic carbocycles. The van der Waals surface area contributed by atoms with Crippen molar-refractivity contribution in [1.29, 1.82) is 0 Å². The first kappa shape index (κ1) is 17.8. The number of carbonyl (C=O) groups is 1. The van der Waals surface area contributed by atoms with Crippen molar-refractivity contribution in [1.82, 2.24) is 19.8 Å². The predicted octanol–water partition coefficient (Wildman–Crippen LogP) is 0.862. The van der Waals surface area contributed by atoms with E-state index in [0.29, 0.717) is 12.2 Å². The lowest BCUT2D eigenvalue weighted by atomic mass is 10.1. The molecule has 134 valence electrons. The maximum absolute atomic E-state index is 12.7. The van der Waals surface area contributed by atoms with Crippen LogP contribution < -0.4 is 10.3 Å². The number of hydrogen-bond donors (Lipinski definition) is 2. The van der Waals surface area contributed by atoms with Gasteiger partial charge >= 0.3 is 0 Å². The molecule has 0 bridgehead atoms. The molecule has 0 saturated carbocycles. The molecule has 2 atom stereocenters. The molecule has 0 radical (unpaired) electrons. The highest BCUT2D eigenvalue weighted by Gasteiger charge is 2.35. The Labute approximate surface area is 148 Å². The summed E-state index contributed by atoms with van der Waals surface area (Å²) in [4.78, 5) is 25.5. The first-order valence-electron chi connectivity index (χ1n) is 7.80. The van der Waals surface area contributed by atoms with Gasteiger partial charge in [-0.05, 0) is 37.3 Å². The lowest BCUT2D eigenvalue weighted by molar-refractivity contribution is -0.133. The van der Waals surface area contributed by atoms with Gasteiger partial charge in [-0.15, -0.1) is 11.3 Å². The Balaban J connectivity index is 1.75. The second kappa shape index (κ2) is 7.06. The number of nitrogens with one attached hydrogen (secondary N) is 2. The molecule has 0 spiro atoms. The summed E-state index contributed by atoms with van der Waals surface area (Å²) in [6.07, 6.45) is 1.51. The minimum atomic E-state index is -3.72. The predicted molar refractivity (Wildman–Crippen MR) is 92.6 cm³/mol. The van der Waals surface area contributed by atoms with Crippen molar-refractivity contribution in [3.63, 3.8) is 0 Å². The molecule has 3 heterocycles. The summed E-state index contributed by atoms with van der Waals surface area (Å²) in [6.45, 7) is 2.05. The molecule has 10 heteroatoms. The second-order valence-electron chi connectivity index (χ2n) is 5.81. The third-order valence-electron chi connectivity index (χ3n) is 4.04. The van der Waals surface area contributed by atoms with Crippen LogP contribution in [0, 0.1) is 0 Å². The molecule has 1 aliphatic rings. The molecule has 1 fully saturated rings. The quantitative estimate of drug-likeness (QED) is 0.797. The van der Waals surface area contributed by atoms with Crippen molar-refractivity contribution in [3.8, 4) is 0 Å². The van der Waals surface area contributed by atoms with E-state index in [2.05, 4.69) is 14.9 Å². The summed E-state index contributed by atoms with van der Waals surface area (Å²) in [5, 5.41) is 8.03. The molecule has 25 heavy (non-hydrogen) atoms. The summed E-state index contributed by atoms with van der Waals surface area (Å²) >= 11 is 1.10. The fourth-order valence-corrected chi connectivity index (χ4v) is 5.09. The fourth-order valence-electron chi connectivity index (χ4n) is 2.89. The minimum Gasteiger partial charge on any atom is -0.333 e. The van der Waals surface area contributed by atoms with Gasteiger partial charge in [0.05, 0.1) is 17.8 Å². The van der Waals surface area contributed by atoms with Crippen LogP contribution in [0.1, 0.15) is 31.5 Å². The molecular formula is C15H18N4O4S2. The van der Waals surface area contributed by atoms with E-state index >= 15 is 0 Å². The van der Waals surface area contributed by atoms with Gasteiger partial charge in [-0.3, -0.25) is 9.59 Å². The first-order valence-corrected chi connectivity index (χ1v) is 10.2. The number of aromatic amines is 1. The number of amides is 1. The van der Waals surface area contributed by atoms with Crippen LogP contribution in [-0.4, -0.2) is 42.0 Å². The van der Waals surface area contributed by atoms with Gasteiger partial charge in [0.1, 0.15) is 4.21 Å². The Morgan fingerprint density at radius 1 is 1.44 bits per heavy atom. The molecule has 2 unspecified atom stereocenters. The molecule has 2 aromatic heterocycles. The highest BCUT2D eigenvalue weighted by Crippen LogP contribution is 2.30. The van der Waals surface area contributed by atoms with Crippen molar-refractivity contribution in [3.05, 3.63) is 45.7 Å². The van der Waals surface area contributed by atoms with Crippen LogP contribution in [0.4, 0.5) is 0 Å². The fraction of sp³-hybridized carbons (Fsp3) is 0.400. The van der Waals surface area contributed by atoms with Crippen LogP contribution in [0.2, 0.25) is 0 Å². The first-order chi connectivity index (χ1) is 11.9. The topological polar surface area (TPSA) is 112 Å². The highest BCUT2D eigenvalue weighted by atomic mass is 32.2. The molecule has 1 saturated heterocycles. The number of rotatable bonds is 5. The van der Waals surface area contributed by atoms with E-state index in [4.69, 9.17) is 0 Å². The van der Waals surface area contributed by atoms with Crippen molar-refractivity contribution in [2.24, 2.45) is 0 Å². The number of sulfonamides is 1. The number of H-pyrrole nitrogens is 1. The minimum absolute atomic E-state index is 0.174. The number of likely N-dealkylation sites (tertiary alicyclic amines) is 1. The Bertz CT molecular complexity index is 887. The van der Waals surface area contributed by atoms with E-state index in [-0.39, 0.29) is 21.7 Å². The summed E-state index contributed by atoms with van der Waals surface area (Å²) in [7, 11) is -3.72. The molecule has 0 aliphatic carbocycles. The van der Waals surface area contributed by atoms with Gasteiger partial charge in [0.2, 0.25) is 5.91 Å². The maximum atomic E-state index is 12.7. The Hall–Kier alpha value is -2.04. The van der Waals surface area contributed by atoms with Gasteiger partial charge in [-0.25, -0.2) is 13.5 Å². The van der Waals surface area contributed by atoms with E-state index in [9.17, 15) is 18.0 Å². The van der Waals surface area contributed by atoms with Gasteiger partial charge in [0.25, 0.3) is 15.6 Å². The van der Waals surface area contributed by atoms with Crippen molar-refractivity contribution < 1.29 is 13.2 Å². The van der Waals surface area contributed by atoms with Crippen LogP contribution in [0.5, 0.6) is 0 Å². The Morgan fingerprint density at radius 3 is 2.88 bits per heavy atom. The highest BCUT2D eigenvalue weighted by molar-refractivity contribution is 7.91. The third-order valence-corrected chi connectivity index (χ3v) is 6.98. The Kier molecular flexibility index (Phi) is 5.02. The van der Waals surface area contributed by atoms with Crippen LogP contribution in [-0.2, 0) is 14.8 Å². The largest absolute Gasteiger partial charge is 0.333 e. The molecule has 3 rings (SSSR count). The van der Waals surface area contributed by atoms with Gasteiger partial charge in [-0.2, -0.15) is 9.82 Å². The zero-order valence-corrected chi connectivity index (χ0v) is 15.1. The van der Waals surface area contributed by atoms with Crippen LogP contribution in [0.25, 0.3) is 0 Å². The van der Waals surface area contributed by atoms with Gasteiger partial charge in [0, 0.05) is 12.6 Å². The van der Waals surface area contributed by atoms with Gasteiger partial charge in [0.15, 0.2) is 0 Å². The molecule has 2 aromatic rings. The summed E-state index contributed by atoms with van der Waals surface area (Å²) < 4.78 is 27.2. The number of nitrogens with zero attached hydrogens (tertiary/aromatic N) is 2. The average molecular weight is 382 g/mol. The summed E-state index contributed by atoms with van der Waals surface area (Å²) in [6, 6.07) is 4.94. The van der Waals surface area contributed by atoms with E-state index in [1.54, 1.807) is 22.4 Å². The molecule has 1 amide bonds. The lowest BCUT2D eigenvalue weighted by Gasteiger charge is -2.27. The lowest BCUT2D eigenvalue weighted by Crippen LogP contribution is -2.46. The molecular weight excluding hydrogens is 364 g/mol. The second-order valence-corrected chi connectivity index (χ2v) is 8.70. The zero-order chi connectivity index (χ0) is 18.0. The van der Waals surface area contributed by atoms with E-state index in [1.165, 1.54) is 19.1 Å². The van der Waals surface area contributed by atoms with Gasteiger partial charge in [-0.1, -0.05) is 6.07 Å². The molecule has 8 nitrogen and oxygen atoms in total. The standard InChI is InChI=1S/C15H18N4O4S2/c1-10(18-25(22,23)14-5-3-9-24-14)15(21)19-8-2-4-12(19)11-6-7-13(20)17-16-11/h3,5-7,9-10,12,18H,2,4,8H2,1H3,(H,17,20). The van der Waals surface area contributed by atoms with Crippen molar-refractivity contribution in [2.45, 2.75) is 36.1 Å². The number of carbonyl (C=O) groups excluding carboxylic acids is 1. The monoisotopic (exact) mass is 382 g/mol. The Morgan fingerprint density at radius 2 is 2.24 bits per heavy atom. The molecule has 2 N–H and O–H groups in total. The smallest absolute Gasteiger partial charge is 0.264 e. The van der Waals surface area contributed by atoms with E-state index in [0.717, 1.165) is 24.2 Å². The maximum Gasteiger partial charge on any atom is 0.264 e. The van der Waals surface area contributed by atoms with Crippen molar-refractivity contribution in [2.75, 3.05) is 6.54 Å². The van der Waals surface area contributed by atoms with Crippen molar-refractivity contribution >= 4 is 27.3 Å². The van der Waals surface area contributed by atoms with Crippen LogP contribution in [0.3, 0.4) is 0 Å². The number of hydrogen-bond acceptors (Lipinski definition) is 6. The average Bonchev–Trinajstić information content (AvgIpc) is 3.26. The van der Waals surface area contributed by atoms with Crippen LogP contribution in [0.15, 0.2) is 38.6 Å². The third kappa shape index (κ3) is 3.80. The van der Waals surface area contributed by atoms with E-state index < -0.39 is 16.1 Å². The van der Waals surface area contributed by atoms with Gasteiger partial charge < -0.3 is 4.90 Å². The number of thiophene rings is 1. The normalized spacial score (nSPS) is 19.1. The van der Waals surface area contributed by atoms with Crippen LogP contribution >= 0.6 is 11.3 Å². The summed E-state index contributed by atoms with van der Waals surface area (Å²) in [5.41, 5.74) is 0.287. The zero-order valence-electron chi connectivity index (χ0n) is 13.5. The number of aromatic nitrogens is 2. The van der Waals surface area contributed by atoms with E-state index in [1.807, 2.05) is 0 Å².